The molecule has 0 radical (unpaired) electrons. The van der Waals surface area contributed by atoms with Gasteiger partial charge in [0.1, 0.15) is 16.7 Å². The van der Waals surface area contributed by atoms with E-state index in [2.05, 4.69) is 5.92 Å². The van der Waals surface area contributed by atoms with Crippen molar-refractivity contribution in [1.82, 2.24) is 0 Å². The van der Waals surface area contributed by atoms with Crippen LogP contribution < -0.4 is 0 Å². The summed E-state index contributed by atoms with van der Waals surface area (Å²) < 4.78 is 25.8. The smallest absolute Gasteiger partial charge is 0.148 e. The van der Waals surface area contributed by atoms with Crippen LogP contribution in [0.25, 0.3) is 0 Å². The molecule has 0 atom stereocenters. The van der Waals surface area contributed by atoms with Crippen molar-refractivity contribution in [3.8, 4) is 12.3 Å². The lowest BCUT2D eigenvalue weighted by molar-refractivity contribution is 0.573. The minimum Gasteiger partial charge on any atom is -0.205 e. The lowest BCUT2D eigenvalue weighted by atomic mass is 10.1. The number of terminal acetylenes is 1. The Hall–Kier alpha value is -1.07. The Morgan fingerprint density at radius 3 is 2.69 bits per heavy atom. The molecule has 1 aromatic carbocycles. The van der Waals surface area contributed by atoms with Crippen molar-refractivity contribution in [1.29, 1.82) is 0 Å². The van der Waals surface area contributed by atoms with Gasteiger partial charge >= 0.3 is 0 Å². The lowest BCUT2D eigenvalue weighted by Crippen LogP contribution is -1.93. The molecule has 0 spiro atoms. The molecule has 3 heteroatoms. The fraction of sp³-hybridized carbons (Fsp3) is 0.200. The molecule has 0 saturated heterocycles. The second kappa shape index (κ2) is 4.25. The molecule has 0 aromatic heterocycles. The quantitative estimate of drug-likeness (QED) is 0.508. The zero-order chi connectivity index (χ0) is 9.84. The molecule has 0 heterocycles. The van der Waals surface area contributed by atoms with Crippen molar-refractivity contribution in [3.63, 3.8) is 0 Å². The molecule has 0 aliphatic rings. The van der Waals surface area contributed by atoms with Gasteiger partial charge in [0.05, 0.1) is 0 Å². The van der Waals surface area contributed by atoms with E-state index < -0.39 is 16.7 Å². The summed E-state index contributed by atoms with van der Waals surface area (Å²) in [7, 11) is 0. The third-order valence-corrected chi connectivity index (χ3v) is 2.00. The van der Waals surface area contributed by atoms with Crippen molar-refractivity contribution in [2.45, 2.75) is 12.8 Å². The van der Waals surface area contributed by atoms with Gasteiger partial charge < -0.3 is 0 Å². The summed E-state index contributed by atoms with van der Waals surface area (Å²) >= 11 is 5.36. The molecule has 0 unspecified atom stereocenters. The van der Waals surface area contributed by atoms with E-state index in [9.17, 15) is 8.78 Å². The highest BCUT2D eigenvalue weighted by atomic mass is 35.5. The summed E-state index contributed by atoms with van der Waals surface area (Å²) in [6.45, 7) is 0. The average molecular weight is 201 g/mol. The largest absolute Gasteiger partial charge is 0.205 e. The van der Waals surface area contributed by atoms with Crippen molar-refractivity contribution in [3.05, 3.63) is 34.4 Å². The number of benzene rings is 1. The summed E-state index contributed by atoms with van der Waals surface area (Å²) in [6.07, 6.45) is 5.81. The van der Waals surface area contributed by atoms with Crippen molar-refractivity contribution < 1.29 is 8.78 Å². The topological polar surface area (TPSA) is 0 Å². The summed E-state index contributed by atoms with van der Waals surface area (Å²) in [5.41, 5.74) is 0.351. The normalized spacial score (nSPS) is 9.69. The van der Waals surface area contributed by atoms with E-state index in [-0.39, 0.29) is 0 Å². The summed E-state index contributed by atoms with van der Waals surface area (Å²) in [4.78, 5) is 0. The molecule has 0 saturated carbocycles. The van der Waals surface area contributed by atoms with Crippen molar-refractivity contribution in [2.75, 3.05) is 0 Å². The predicted molar refractivity (Wildman–Crippen MR) is 48.5 cm³/mol. The second-order valence-electron chi connectivity index (χ2n) is 2.54. The van der Waals surface area contributed by atoms with Crippen LogP contribution in [0.1, 0.15) is 12.0 Å². The number of halogens is 3. The first-order chi connectivity index (χ1) is 6.16. The second-order valence-corrected chi connectivity index (χ2v) is 2.92. The van der Waals surface area contributed by atoms with E-state index in [0.29, 0.717) is 18.4 Å². The fourth-order valence-corrected chi connectivity index (χ4v) is 1.15. The standard InChI is InChI=1S/C10H7ClF2/c1-2-3-4-7-5-6-8(12)9(11)10(7)13/h1,5-6H,3-4H2. The van der Waals surface area contributed by atoms with Crippen LogP contribution in [0.4, 0.5) is 8.78 Å². The molecule has 0 fully saturated rings. The van der Waals surface area contributed by atoms with Crippen LogP contribution in [0.3, 0.4) is 0 Å². The van der Waals surface area contributed by atoms with Gasteiger partial charge in [0, 0.05) is 6.42 Å². The van der Waals surface area contributed by atoms with E-state index in [1.165, 1.54) is 6.07 Å². The highest BCUT2D eigenvalue weighted by Crippen LogP contribution is 2.22. The molecule has 1 rings (SSSR count). The van der Waals surface area contributed by atoms with Gasteiger partial charge in [0.2, 0.25) is 0 Å². The molecule has 0 nitrogen and oxygen atoms in total. The van der Waals surface area contributed by atoms with E-state index in [1.54, 1.807) is 0 Å². The maximum absolute atomic E-state index is 13.1. The maximum atomic E-state index is 13.1. The Bertz CT molecular complexity index is 353. The van der Waals surface area contributed by atoms with E-state index >= 15 is 0 Å². The Balaban J connectivity index is 2.98. The Morgan fingerprint density at radius 2 is 2.08 bits per heavy atom. The van der Waals surface area contributed by atoms with Crippen LogP contribution >= 0.6 is 11.6 Å². The predicted octanol–water partition coefficient (Wildman–Crippen LogP) is 3.18. The molecular weight excluding hydrogens is 194 g/mol. The van der Waals surface area contributed by atoms with Crippen LogP contribution in [0.5, 0.6) is 0 Å². The summed E-state index contributed by atoms with van der Waals surface area (Å²) in [5.74, 6) is 0.916. The first-order valence-electron chi connectivity index (χ1n) is 3.72. The van der Waals surface area contributed by atoms with Crippen LogP contribution in [0.2, 0.25) is 5.02 Å². The van der Waals surface area contributed by atoms with Crippen LogP contribution in [-0.2, 0) is 6.42 Å². The molecule has 68 valence electrons. The zero-order valence-electron chi connectivity index (χ0n) is 6.78. The lowest BCUT2D eigenvalue weighted by Gasteiger charge is -2.02. The molecule has 0 aliphatic carbocycles. The van der Waals surface area contributed by atoms with E-state index in [0.717, 1.165) is 6.07 Å². The highest BCUT2D eigenvalue weighted by molar-refractivity contribution is 6.30. The van der Waals surface area contributed by atoms with Crippen molar-refractivity contribution in [2.24, 2.45) is 0 Å². The van der Waals surface area contributed by atoms with Gasteiger partial charge in [-0.05, 0) is 18.1 Å². The Kier molecular flexibility index (Phi) is 3.27. The molecular formula is C10H7ClF2. The third kappa shape index (κ3) is 2.19. The fourth-order valence-electron chi connectivity index (χ4n) is 0.966. The first-order valence-corrected chi connectivity index (χ1v) is 4.10. The van der Waals surface area contributed by atoms with Gasteiger partial charge in [-0.25, -0.2) is 8.78 Å². The summed E-state index contributed by atoms with van der Waals surface area (Å²) in [5, 5.41) is -0.463. The van der Waals surface area contributed by atoms with Gasteiger partial charge in [-0.3, -0.25) is 0 Å². The van der Waals surface area contributed by atoms with Gasteiger partial charge in [-0.2, -0.15) is 0 Å². The van der Waals surface area contributed by atoms with Gasteiger partial charge in [-0.15, -0.1) is 12.3 Å². The van der Waals surface area contributed by atoms with Gasteiger partial charge in [0.15, 0.2) is 0 Å². The molecule has 1 aromatic rings. The molecule has 0 aliphatic heterocycles. The number of hydrogen-bond donors (Lipinski definition) is 0. The van der Waals surface area contributed by atoms with Crippen LogP contribution in [0, 0.1) is 24.0 Å². The van der Waals surface area contributed by atoms with Crippen molar-refractivity contribution >= 4 is 11.6 Å². The molecule has 0 bridgehead atoms. The average Bonchev–Trinajstić information content (AvgIpc) is 2.13. The maximum Gasteiger partial charge on any atom is 0.148 e. The highest BCUT2D eigenvalue weighted by Gasteiger charge is 2.10. The van der Waals surface area contributed by atoms with E-state index in [4.69, 9.17) is 18.0 Å². The minimum atomic E-state index is -0.747. The van der Waals surface area contributed by atoms with Crippen LogP contribution in [0.15, 0.2) is 12.1 Å². The number of aryl methyl sites for hydroxylation is 1. The third-order valence-electron chi connectivity index (χ3n) is 1.65. The monoisotopic (exact) mass is 200 g/mol. The van der Waals surface area contributed by atoms with Gasteiger partial charge in [-0.1, -0.05) is 17.7 Å². The molecule has 0 N–H and O–H groups in total. The van der Waals surface area contributed by atoms with Crippen LogP contribution in [-0.4, -0.2) is 0 Å². The first kappa shape index (κ1) is 10.0. The van der Waals surface area contributed by atoms with E-state index in [1.807, 2.05) is 0 Å². The number of rotatable bonds is 2. The molecule has 13 heavy (non-hydrogen) atoms. The SMILES string of the molecule is C#CCCc1ccc(F)c(Cl)c1F. The molecule has 0 amide bonds. The Morgan fingerprint density at radius 1 is 1.38 bits per heavy atom. The Labute approximate surface area is 80.5 Å². The van der Waals surface area contributed by atoms with Gasteiger partial charge in [0.25, 0.3) is 0 Å². The minimum absolute atomic E-state index is 0.351. The summed E-state index contributed by atoms with van der Waals surface area (Å²) in [6, 6.07) is 2.49. The zero-order valence-corrected chi connectivity index (χ0v) is 7.54. The number of hydrogen-bond acceptors (Lipinski definition) is 0.